The highest BCUT2D eigenvalue weighted by Gasteiger charge is 2.21. The van der Waals surface area contributed by atoms with E-state index in [9.17, 15) is 9.59 Å². The third-order valence-corrected chi connectivity index (χ3v) is 4.70. The number of rotatable bonds is 8. The van der Waals surface area contributed by atoms with E-state index in [4.69, 9.17) is 0 Å². The Kier molecular flexibility index (Phi) is 7.45. The average molecular weight is 355 g/mol. The number of carbonyl (C=O) groups excluding carboxylic acids is 2. The first-order valence-corrected chi connectivity index (χ1v) is 9.18. The standard InChI is InChI=1S/C21H29N3O2/c1-4-12-23(13-5-2)20(25)16-22-19-8-6-18(7-9-19)21(26)24-14-10-17(3)11-15-24/h4-9,17,22H,1-2,10-16H2,3H3. The molecule has 26 heavy (non-hydrogen) atoms. The molecule has 0 aliphatic carbocycles. The van der Waals surface area contributed by atoms with Crippen molar-refractivity contribution in [1.82, 2.24) is 9.80 Å². The molecule has 0 aromatic heterocycles. The summed E-state index contributed by atoms with van der Waals surface area (Å²) in [5.74, 6) is 0.764. The highest BCUT2D eigenvalue weighted by Crippen LogP contribution is 2.19. The number of anilines is 1. The Morgan fingerprint density at radius 2 is 1.73 bits per heavy atom. The summed E-state index contributed by atoms with van der Waals surface area (Å²) in [6, 6.07) is 7.33. The second-order valence-corrected chi connectivity index (χ2v) is 6.78. The van der Waals surface area contributed by atoms with Gasteiger partial charge in [0.15, 0.2) is 0 Å². The van der Waals surface area contributed by atoms with E-state index in [2.05, 4.69) is 25.4 Å². The molecule has 5 heteroatoms. The first-order chi connectivity index (χ1) is 12.5. The molecule has 2 amide bonds. The second kappa shape index (κ2) is 9.80. The molecule has 1 aromatic rings. The molecule has 1 aliphatic rings. The summed E-state index contributed by atoms with van der Waals surface area (Å²) in [6.07, 6.45) is 5.53. The molecule has 140 valence electrons. The van der Waals surface area contributed by atoms with Gasteiger partial charge in [-0.15, -0.1) is 13.2 Å². The van der Waals surface area contributed by atoms with Crippen LogP contribution in [0.1, 0.15) is 30.1 Å². The lowest BCUT2D eigenvalue weighted by Gasteiger charge is -2.30. The van der Waals surface area contributed by atoms with Gasteiger partial charge in [0.25, 0.3) is 5.91 Å². The average Bonchev–Trinajstić information content (AvgIpc) is 2.66. The molecule has 0 radical (unpaired) electrons. The molecule has 1 aromatic carbocycles. The van der Waals surface area contributed by atoms with Gasteiger partial charge in [0, 0.05) is 37.4 Å². The fourth-order valence-corrected chi connectivity index (χ4v) is 3.00. The van der Waals surface area contributed by atoms with Crippen LogP contribution in [0.3, 0.4) is 0 Å². The molecule has 2 rings (SSSR count). The maximum atomic E-state index is 12.5. The normalized spacial score (nSPS) is 14.6. The fraction of sp³-hybridized carbons (Fsp3) is 0.429. The summed E-state index contributed by atoms with van der Waals surface area (Å²) in [7, 11) is 0. The Morgan fingerprint density at radius 3 is 2.27 bits per heavy atom. The summed E-state index contributed by atoms with van der Waals surface area (Å²) in [5, 5.41) is 3.11. The minimum atomic E-state index is -0.0209. The van der Waals surface area contributed by atoms with Crippen molar-refractivity contribution < 1.29 is 9.59 Å². The molecule has 0 unspecified atom stereocenters. The minimum Gasteiger partial charge on any atom is -0.376 e. The molecule has 0 bridgehead atoms. The Morgan fingerprint density at radius 1 is 1.15 bits per heavy atom. The summed E-state index contributed by atoms with van der Waals surface area (Å²) < 4.78 is 0. The van der Waals surface area contributed by atoms with Crippen molar-refractivity contribution in [1.29, 1.82) is 0 Å². The summed E-state index contributed by atoms with van der Waals surface area (Å²) in [4.78, 5) is 28.3. The van der Waals surface area contributed by atoms with Crippen LogP contribution >= 0.6 is 0 Å². The van der Waals surface area contributed by atoms with Crippen LogP contribution < -0.4 is 5.32 Å². The zero-order chi connectivity index (χ0) is 18.9. The largest absolute Gasteiger partial charge is 0.376 e. The maximum Gasteiger partial charge on any atom is 0.253 e. The van der Waals surface area contributed by atoms with E-state index >= 15 is 0 Å². The number of hydrogen-bond acceptors (Lipinski definition) is 3. The smallest absolute Gasteiger partial charge is 0.253 e. The van der Waals surface area contributed by atoms with Gasteiger partial charge >= 0.3 is 0 Å². The summed E-state index contributed by atoms with van der Waals surface area (Å²) in [6.45, 7) is 12.4. The van der Waals surface area contributed by atoms with Crippen molar-refractivity contribution in [3.05, 3.63) is 55.1 Å². The van der Waals surface area contributed by atoms with Crippen LogP contribution in [-0.2, 0) is 4.79 Å². The lowest BCUT2D eigenvalue weighted by atomic mass is 9.98. The van der Waals surface area contributed by atoms with Crippen LogP contribution in [0.15, 0.2) is 49.6 Å². The van der Waals surface area contributed by atoms with Crippen molar-refractivity contribution in [3.8, 4) is 0 Å². The Balaban J connectivity index is 1.88. The fourth-order valence-electron chi connectivity index (χ4n) is 3.00. The molecule has 1 heterocycles. The van der Waals surface area contributed by atoms with E-state index in [0.717, 1.165) is 31.6 Å². The van der Waals surface area contributed by atoms with Gasteiger partial charge in [-0.05, 0) is 43.0 Å². The molecule has 0 spiro atoms. The number of benzene rings is 1. The Bertz CT molecular complexity index is 621. The van der Waals surface area contributed by atoms with Gasteiger partial charge in [-0.1, -0.05) is 19.1 Å². The third kappa shape index (κ3) is 5.48. The summed E-state index contributed by atoms with van der Waals surface area (Å²) >= 11 is 0. The number of piperidine rings is 1. The van der Waals surface area contributed by atoms with Crippen LogP contribution in [0.2, 0.25) is 0 Å². The zero-order valence-electron chi connectivity index (χ0n) is 15.6. The number of nitrogens with zero attached hydrogens (tertiary/aromatic N) is 2. The van der Waals surface area contributed by atoms with E-state index < -0.39 is 0 Å². The number of amides is 2. The van der Waals surface area contributed by atoms with Gasteiger partial charge in [-0.25, -0.2) is 0 Å². The highest BCUT2D eigenvalue weighted by atomic mass is 16.2. The van der Waals surface area contributed by atoms with E-state index in [1.54, 1.807) is 17.1 Å². The minimum absolute atomic E-state index is 0.0209. The van der Waals surface area contributed by atoms with Gasteiger partial charge in [0.2, 0.25) is 5.91 Å². The van der Waals surface area contributed by atoms with Crippen LogP contribution in [-0.4, -0.2) is 54.3 Å². The lowest BCUT2D eigenvalue weighted by molar-refractivity contribution is -0.128. The lowest BCUT2D eigenvalue weighted by Crippen LogP contribution is -2.37. The van der Waals surface area contributed by atoms with Crippen molar-refractivity contribution in [2.45, 2.75) is 19.8 Å². The molecule has 1 N–H and O–H groups in total. The van der Waals surface area contributed by atoms with Crippen molar-refractivity contribution >= 4 is 17.5 Å². The van der Waals surface area contributed by atoms with Gasteiger partial charge in [0.1, 0.15) is 0 Å². The van der Waals surface area contributed by atoms with Crippen LogP contribution in [0.5, 0.6) is 0 Å². The first-order valence-electron chi connectivity index (χ1n) is 9.18. The van der Waals surface area contributed by atoms with Crippen molar-refractivity contribution in [2.75, 3.05) is 38.0 Å². The third-order valence-electron chi connectivity index (χ3n) is 4.70. The van der Waals surface area contributed by atoms with E-state index in [0.29, 0.717) is 24.6 Å². The Labute approximate surface area is 156 Å². The molecule has 1 fully saturated rings. The maximum absolute atomic E-state index is 12.5. The number of hydrogen-bond donors (Lipinski definition) is 1. The molecular formula is C21H29N3O2. The highest BCUT2D eigenvalue weighted by molar-refractivity contribution is 5.94. The van der Waals surface area contributed by atoms with Gasteiger partial charge < -0.3 is 15.1 Å². The van der Waals surface area contributed by atoms with Crippen molar-refractivity contribution in [3.63, 3.8) is 0 Å². The van der Waals surface area contributed by atoms with Gasteiger partial charge in [0.05, 0.1) is 6.54 Å². The SMILES string of the molecule is C=CCN(CC=C)C(=O)CNc1ccc(C(=O)N2CCC(C)CC2)cc1. The molecular weight excluding hydrogens is 326 g/mol. The Hall–Kier alpha value is -2.56. The van der Waals surface area contributed by atoms with E-state index in [-0.39, 0.29) is 18.4 Å². The molecule has 5 nitrogen and oxygen atoms in total. The predicted molar refractivity (Wildman–Crippen MR) is 106 cm³/mol. The van der Waals surface area contributed by atoms with Crippen LogP contribution in [0.4, 0.5) is 5.69 Å². The van der Waals surface area contributed by atoms with Crippen LogP contribution in [0, 0.1) is 5.92 Å². The topological polar surface area (TPSA) is 52.7 Å². The second-order valence-electron chi connectivity index (χ2n) is 6.78. The molecule has 1 saturated heterocycles. The zero-order valence-corrected chi connectivity index (χ0v) is 15.6. The number of nitrogens with one attached hydrogen (secondary N) is 1. The van der Waals surface area contributed by atoms with Crippen LogP contribution in [0.25, 0.3) is 0 Å². The number of likely N-dealkylation sites (tertiary alicyclic amines) is 1. The van der Waals surface area contributed by atoms with E-state index in [1.807, 2.05) is 29.2 Å². The first kappa shape index (κ1) is 19.8. The van der Waals surface area contributed by atoms with E-state index in [1.165, 1.54) is 0 Å². The predicted octanol–water partition coefficient (Wildman–Crippen LogP) is 3.17. The monoisotopic (exact) mass is 355 g/mol. The quantitative estimate of drug-likeness (QED) is 0.729. The molecule has 0 saturated carbocycles. The number of carbonyl (C=O) groups is 2. The molecule has 0 atom stereocenters. The van der Waals surface area contributed by atoms with Gasteiger partial charge in [-0.2, -0.15) is 0 Å². The van der Waals surface area contributed by atoms with Crippen molar-refractivity contribution in [2.24, 2.45) is 5.92 Å². The van der Waals surface area contributed by atoms with Gasteiger partial charge in [-0.3, -0.25) is 9.59 Å². The summed E-state index contributed by atoms with van der Waals surface area (Å²) in [5.41, 5.74) is 1.51. The molecule has 1 aliphatic heterocycles.